The second kappa shape index (κ2) is 10.8. The summed E-state index contributed by atoms with van der Waals surface area (Å²) in [6.45, 7) is 30.4. The van der Waals surface area contributed by atoms with Crippen LogP contribution in [0.2, 0.25) is 55.9 Å². The van der Waals surface area contributed by atoms with E-state index in [1.807, 2.05) is 6.08 Å². The summed E-state index contributed by atoms with van der Waals surface area (Å²) >= 11 is 0. The monoisotopic (exact) mass is 452 g/mol. The third-order valence-electron chi connectivity index (χ3n) is 5.98. The summed E-state index contributed by atoms with van der Waals surface area (Å²) in [6, 6.07) is 0. The Morgan fingerprint density at radius 3 is 1.76 bits per heavy atom. The fourth-order valence-corrected chi connectivity index (χ4v) is 4.65. The standard InChI is InChI=1S/C24H48O2Si3/c1-23(2,3)28(10,11)25-20-16-14-18-22(19-15-17-21-27(7,8)9)26-29(12,13)24(4,5)6/h14-16,19,22H,18,20H2,1-13H3/b16-14+,19-15-/t22-/m0/s1. The van der Waals surface area contributed by atoms with Crippen molar-refractivity contribution in [2.24, 2.45) is 0 Å². The minimum Gasteiger partial charge on any atom is -0.413 e. The molecule has 0 radical (unpaired) electrons. The number of allylic oxidation sites excluding steroid dienone is 1. The Hall–Kier alpha value is -0.389. The van der Waals surface area contributed by atoms with Crippen LogP contribution in [0.15, 0.2) is 24.3 Å². The fraction of sp³-hybridized carbons (Fsp3) is 0.750. The van der Waals surface area contributed by atoms with E-state index in [1.54, 1.807) is 0 Å². The van der Waals surface area contributed by atoms with E-state index in [0.717, 1.165) is 6.42 Å². The van der Waals surface area contributed by atoms with Crippen LogP contribution >= 0.6 is 0 Å². The van der Waals surface area contributed by atoms with Crippen molar-refractivity contribution in [3.8, 4) is 11.5 Å². The third kappa shape index (κ3) is 11.5. The zero-order chi connectivity index (χ0) is 23.1. The molecule has 0 aliphatic heterocycles. The molecule has 0 heterocycles. The average Bonchev–Trinajstić information content (AvgIpc) is 2.47. The van der Waals surface area contributed by atoms with Crippen LogP contribution in [-0.4, -0.2) is 37.4 Å². The van der Waals surface area contributed by atoms with E-state index in [9.17, 15) is 0 Å². The largest absolute Gasteiger partial charge is 0.413 e. The Morgan fingerprint density at radius 1 is 0.793 bits per heavy atom. The molecule has 0 aliphatic carbocycles. The zero-order valence-corrected chi connectivity index (χ0v) is 24.6. The van der Waals surface area contributed by atoms with Gasteiger partial charge in [0.2, 0.25) is 0 Å². The predicted octanol–water partition coefficient (Wildman–Crippen LogP) is 7.78. The van der Waals surface area contributed by atoms with Gasteiger partial charge in [0.15, 0.2) is 16.6 Å². The number of rotatable bonds is 8. The normalized spacial score (nSPS) is 15.6. The molecule has 5 heteroatoms. The summed E-state index contributed by atoms with van der Waals surface area (Å²) in [6.07, 6.45) is 9.43. The highest BCUT2D eigenvalue weighted by Gasteiger charge is 2.38. The van der Waals surface area contributed by atoms with Crippen LogP contribution in [0.4, 0.5) is 0 Å². The first-order valence-electron chi connectivity index (χ1n) is 10.9. The maximum absolute atomic E-state index is 6.65. The molecule has 0 N–H and O–H groups in total. The molecule has 0 rings (SSSR count). The fourth-order valence-electron chi connectivity index (χ4n) is 1.91. The van der Waals surface area contributed by atoms with Gasteiger partial charge in [0.25, 0.3) is 0 Å². The minimum atomic E-state index is -1.84. The van der Waals surface area contributed by atoms with Crippen LogP contribution in [0.1, 0.15) is 48.0 Å². The van der Waals surface area contributed by atoms with Crippen molar-refractivity contribution in [2.45, 2.75) is 110 Å². The van der Waals surface area contributed by atoms with Crippen molar-refractivity contribution >= 4 is 24.7 Å². The molecule has 0 amide bonds. The molecule has 0 aromatic rings. The van der Waals surface area contributed by atoms with Crippen molar-refractivity contribution in [1.29, 1.82) is 0 Å². The Morgan fingerprint density at radius 2 is 1.31 bits per heavy atom. The topological polar surface area (TPSA) is 18.5 Å². The van der Waals surface area contributed by atoms with Crippen molar-refractivity contribution in [3.63, 3.8) is 0 Å². The van der Waals surface area contributed by atoms with Gasteiger partial charge in [0.1, 0.15) is 8.07 Å². The Balaban J connectivity index is 5.12. The first kappa shape index (κ1) is 28.6. The van der Waals surface area contributed by atoms with Gasteiger partial charge >= 0.3 is 0 Å². The SMILES string of the molecule is CC(C)(C)[Si](C)(C)OC/C=C/C[C@@H](/C=C\C#C[Si](C)(C)C)O[Si](C)(C)C(C)(C)C. The van der Waals surface area contributed by atoms with E-state index >= 15 is 0 Å². The summed E-state index contributed by atoms with van der Waals surface area (Å²) in [5, 5.41) is 0.435. The van der Waals surface area contributed by atoms with Gasteiger partial charge in [0.05, 0.1) is 12.7 Å². The van der Waals surface area contributed by atoms with Crippen LogP contribution in [0.25, 0.3) is 0 Å². The average molecular weight is 453 g/mol. The van der Waals surface area contributed by atoms with Gasteiger partial charge in [-0.25, -0.2) is 0 Å². The molecule has 168 valence electrons. The molecule has 0 saturated heterocycles. The van der Waals surface area contributed by atoms with Gasteiger partial charge in [-0.15, -0.1) is 5.54 Å². The lowest BCUT2D eigenvalue weighted by atomic mass is 10.2. The molecule has 0 spiro atoms. The van der Waals surface area contributed by atoms with Crippen molar-refractivity contribution < 1.29 is 8.85 Å². The van der Waals surface area contributed by atoms with Gasteiger partial charge in [-0.1, -0.05) is 79.3 Å². The summed E-state index contributed by atoms with van der Waals surface area (Å²) in [5.41, 5.74) is 3.40. The van der Waals surface area contributed by atoms with Gasteiger partial charge in [-0.05, 0) is 54.8 Å². The van der Waals surface area contributed by atoms with Crippen LogP contribution in [0.5, 0.6) is 0 Å². The molecule has 0 unspecified atom stereocenters. The molecule has 0 saturated carbocycles. The van der Waals surface area contributed by atoms with Gasteiger partial charge in [-0.3, -0.25) is 0 Å². The van der Waals surface area contributed by atoms with Gasteiger partial charge in [-0.2, -0.15) is 0 Å². The second-order valence-corrected chi connectivity index (χ2v) is 26.4. The van der Waals surface area contributed by atoms with Crippen LogP contribution in [-0.2, 0) is 8.85 Å². The van der Waals surface area contributed by atoms with Crippen LogP contribution < -0.4 is 0 Å². The maximum Gasteiger partial charge on any atom is 0.192 e. The Kier molecular flexibility index (Phi) is 10.6. The first-order chi connectivity index (χ1) is 12.8. The summed E-state index contributed by atoms with van der Waals surface area (Å²) in [4.78, 5) is 0. The molecule has 2 nitrogen and oxygen atoms in total. The van der Waals surface area contributed by atoms with Crippen molar-refractivity contribution in [2.75, 3.05) is 6.61 Å². The molecule has 29 heavy (non-hydrogen) atoms. The Bertz CT molecular complexity index is 616. The van der Waals surface area contributed by atoms with Gasteiger partial charge < -0.3 is 8.85 Å². The summed E-state index contributed by atoms with van der Waals surface area (Å²) in [7, 11) is -4.88. The maximum atomic E-state index is 6.65. The highest BCUT2D eigenvalue weighted by Crippen LogP contribution is 2.38. The predicted molar refractivity (Wildman–Crippen MR) is 139 cm³/mol. The lowest BCUT2D eigenvalue weighted by Gasteiger charge is -2.38. The number of hydrogen-bond donors (Lipinski definition) is 0. The molecule has 0 aromatic heterocycles. The smallest absolute Gasteiger partial charge is 0.192 e. The Labute approximate surface area is 185 Å². The molecular weight excluding hydrogens is 405 g/mol. The molecule has 0 bridgehead atoms. The van der Waals surface area contributed by atoms with Crippen molar-refractivity contribution in [1.82, 2.24) is 0 Å². The minimum absolute atomic E-state index is 0.0657. The van der Waals surface area contributed by atoms with E-state index in [2.05, 4.69) is 117 Å². The molecule has 0 aliphatic rings. The van der Waals surface area contributed by atoms with E-state index in [0.29, 0.717) is 6.61 Å². The molecule has 1 atom stereocenters. The highest BCUT2D eigenvalue weighted by atomic mass is 28.4. The summed E-state index contributed by atoms with van der Waals surface area (Å²) < 4.78 is 12.9. The third-order valence-corrected chi connectivity index (χ3v) is 15.9. The number of hydrogen-bond acceptors (Lipinski definition) is 2. The second-order valence-electron chi connectivity index (χ2n) is 12.1. The van der Waals surface area contributed by atoms with E-state index in [4.69, 9.17) is 8.85 Å². The van der Waals surface area contributed by atoms with E-state index < -0.39 is 24.7 Å². The molecular formula is C24H48O2Si3. The lowest BCUT2D eigenvalue weighted by molar-refractivity contribution is 0.227. The molecule has 0 aromatic carbocycles. The van der Waals surface area contributed by atoms with E-state index in [1.165, 1.54) is 0 Å². The van der Waals surface area contributed by atoms with E-state index in [-0.39, 0.29) is 16.2 Å². The first-order valence-corrected chi connectivity index (χ1v) is 20.3. The van der Waals surface area contributed by atoms with Crippen LogP contribution in [0, 0.1) is 11.5 Å². The lowest BCUT2D eigenvalue weighted by Crippen LogP contribution is -2.43. The quantitative estimate of drug-likeness (QED) is 0.212. The van der Waals surface area contributed by atoms with Crippen molar-refractivity contribution in [3.05, 3.63) is 24.3 Å². The van der Waals surface area contributed by atoms with Gasteiger partial charge in [0, 0.05) is 0 Å². The summed E-state index contributed by atoms with van der Waals surface area (Å²) in [5.74, 6) is 3.24. The zero-order valence-electron chi connectivity index (χ0n) is 21.6. The molecule has 0 fully saturated rings. The van der Waals surface area contributed by atoms with Crippen LogP contribution in [0.3, 0.4) is 0 Å². The highest BCUT2D eigenvalue weighted by molar-refractivity contribution is 6.83.